The molecule has 8 heteroatoms. The van der Waals surface area contributed by atoms with Crippen LogP contribution in [0.3, 0.4) is 0 Å². The van der Waals surface area contributed by atoms with E-state index >= 15 is 0 Å². The first-order valence-electron chi connectivity index (χ1n) is 8.74. The van der Waals surface area contributed by atoms with Crippen LogP contribution in [0.2, 0.25) is 5.02 Å². The van der Waals surface area contributed by atoms with Crippen LogP contribution in [-0.2, 0) is 4.79 Å². The van der Waals surface area contributed by atoms with Crippen LogP contribution in [0.5, 0.6) is 5.75 Å². The number of nitrogens with zero attached hydrogens (tertiary/aromatic N) is 2. The third-order valence-corrected chi connectivity index (χ3v) is 4.99. The second kappa shape index (κ2) is 7.08. The average Bonchev–Trinajstić information content (AvgIpc) is 3.47. The molecule has 2 aliphatic rings. The molecule has 1 aromatic carbocycles. The third kappa shape index (κ3) is 3.68. The Balaban J connectivity index is 1.54. The molecule has 140 valence electrons. The second-order valence-corrected chi connectivity index (χ2v) is 7.16. The number of aromatic nitrogens is 1. The van der Waals surface area contributed by atoms with Crippen molar-refractivity contribution in [1.82, 2.24) is 9.88 Å². The molecule has 0 saturated heterocycles. The monoisotopic (exact) mass is 386 g/mol. The molecule has 2 aromatic rings. The molecule has 0 unspecified atom stereocenters. The molecule has 0 bridgehead atoms. The number of urea groups is 1. The summed E-state index contributed by atoms with van der Waals surface area (Å²) in [4.78, 5) is 30.4. The summed E-state index contributed by atoms with van der Waals surface area (Å²) in [6.45, 7) is -0.0751. The predicted octanol–water partition coefficient (Wildman–Crippen LogP) is 3.68. The summed E-state index contributed by atoms with van der Waals surface area (Å²) in [6, 6.07) is 8.62. The minimum absolute atomic E-state index is 0.0751. The first-order chi connectivity index (χ1) is 13.0. The molecule has 0 radical (unpaired) electrons. The number of carbonyl (C=O) groups is 2. The lowest BCUT2D eigenvalue weighted by molar-refractivity contribution is -0.118. The molecule has 3 amide bonds. The Bertz CT molecular complexity index is 886. The van der Waals surface area contributed by atoms with E-state index in [4.69, 9.17) is 16.3 Å². The molecule has 27 heavy (non-hydrogen) atoms. The molecule has 1 aliphatic heterocycles. The number of rotatable bonds is 4. The lowest BCUT2D eigenvalue weighted by Crippen LogP contribution is -2.36. The number of nitrogens with one attached hydrogen (secondary N) is 2. The first-order valence-corrected chi connectivity index (χ1v) is 9.11. The highest BCUT2D eigenvalue weighted by Gasteiger charge is 2.37. The Morgan fingerprint density at radius 1 is 1.41 bits per heavy atom. The van der Waals surface area contributed by atoms with Gasteiger partial charge in [0.15, 0.2) is 12.4 Å². The van der Waals surface area contributed by atoms with Crippen LogP contribution in [0.4, 0.5) is 16.2 Å². The molecular weight excluding hydrogens is 368 g/mol. The number of carbonyl (C=O) groups excluding carboxylic acids is 2. The van der Waals surface area contributed by atoms with Gasteiger partial charge in [-0.2, -0.15) is 0 Å². The minimum atomic E-state index is -0.267. The van der Waals surface area contributed by atoms with Gasteiger partial charge >= 0.3 is 6.03 Å². The van der Waals surface area contributed by atoms with Gasteiger partial charge in [0.1, 0.15) is 0 Å². The van der Waals surface area contributed by atoms with E-state index in [2.05, 4.69) is 15.6 Å². The molecule has 1 atom stereocenters. The SMILES string of the molecule is CN(C(=O)Nc1cc(Cl)c2c(c1)NC(=O)CO2)[C@@H](c1ccccn1)C1CC1. The van der Waals surface area contributed by atoms with Gasteiger partial charge in [-0.05, 0) is 43.0 Å². The molecule has 2 N–H and O–H groups in total. The van der Waals surface area contributed by atoms with Crippen LogP contribution in [-0.4, -0.2) is 35.5 Å². The van der Waals surface area contributed by atoms with Crippen molar-refractivity contribution in [1.29, 1.82) is 0 Å². The standard InChI is InChI=1S/C19H19ClN4O3/c1-24(17(11-5-6-11)14-4-2-3-7-21-14)19(26)22-12-8-13(20)18-15(9-12)23-16(25)10-27-18/h2-4,7-9,11,17H,5-6,10H2,1H3,(H,22,26)(H,23,25)/t17-/m1/s1. The van der Waals surface area contributed by atoms with E-state index in [9.17, 15) is 9.59 Å². The van der Waals surface area contributed by atoms with E-state index in [0.717, 1.165) is 18.5 Å². The van der Waals surface area contributed by atoms with Crippen LogP contribution in [0, 0.1) is 5.92 Å². The number of hydrogen-bond donors (Lipinski definition) is 2. The van der Waals surface area contributed by atoms with E-state index in [1.165, 1.54) is 0 Å². The van der Waals surface area contributed by atoms with Crippen LogP contribution < -0.4 is 15.4 Å². The maximum atomic E-state index is 12.8. The van der Waals surface area contributed by atoms with Crippen molar-refractivity contribution in [3.05, 3.63) is 47.2 Å². The summed E-state index contributed by atoms with van der Waals surface area (Å²) in [5.74, 6) is 0.561. The number of pyridine rings is 1. The predicted molar refractivity (Wildman–Crippen MR) is 102 cm³/mol. The van der Waals surface area contributed by atoms with Crippen molar-refractivity contribution in [2.45, 2.75) is 18.9 Å². The third-order valence-electron chi connectivity index (χ3n) is 4.71. The Hall–Kier alpha value is -2.80. The summed E-state index contributed by atoms with van der Waals surface area (Å²) in [5, 5.41) is 5.87. The highest BCUT2D eigenvalue weighted by Crippen LogP contribution is 2.44. The highest BCUT2D eigenvalue weighted by molar-refractivity contribution is 6.33. The van der Waals surface area contributed by atoms with Gasteiger partial charge in [-0.25, -0.2) is 4.79 Å². The van der Waals surface area contributed by atoms with Gasteiger partial charge in [0.05, 0.1) is 22.4 Å². The number of amides is 3. The normalized spacial score (nSPS) is 16.6. The zero-order valence-electron chi connectivity index (χ0n) is 14.7. The fourth-order valence-electron chi connectivity index (χ4n) is 3.29. The van der Waals surface area contributed by atoms with Crippen LogP contribution >= 0.6 is 11.6 Å². The lowest BCUT2D eigenvalue weighted by atomic mass is 10.1. The van der Waals surface area contributed by atoms with Crippen molar-refractivity contribution in [2.75, 3.05) is 24.3 Å². The van der Waals surface area contributed by atoms with Gasteiger partial charge in [-0.1, -0.05) is 17.7 Å². The summed E-state index contributed by atoms with van der Waals surface area (Å²) >= 11 is 6.23. The molecule has 1 saturated carbocycles. The number of hydrogen-bond acceptors (Lipinski definition) is 4. The van der Waals surface area contributed by atoms with Gasteiger partial charge < -0.3 is 20.3 Å². The zero-order valence-corrected chi connectivity index (χ0v) is 15.5. The molecule has 4 rings (SSSR count). The number of anilines is 2. The van der Waals surface area contributed by atoms with Crippen molar-refractivity contribution in [3.8, 4) is 5.75 Å². The van der Waals surface area contributed by atoms with Crippen LogP contribution in [0.25, 0.3) is 0 Å². The highest BCUT2D eigenvalue weighted by atomic mass is 35.5. The Morgan fingerprint density at radius 2 is 2.22 bits per heavy atom. The maximum Gasteiger partial charge on any atom is 0.322 e. The first kappa shape index (κ1) is 17.6. The molecule has 1 fully saturated rings. The Kier molecular flexibility index (Phi) is 4.61. The van der Waals surface area contributed by atoms with E-state index in [-0.39, 0.29) is 24.6 Å². The molecule has 2 heterocycles. The quantitative estimate of drug-likeness (QED) is 0.839. The lowest BCUT2D eigenvalue weighted by Gasteiger charge is -2.28. The smallest absolute Gasteiger partial charge is 0.322 e. The number of fused-ring (bicyclic) bond motifs is 1. The number of benzene rings is 1. The van der Waals surface area contributed by atoms with Crippen molar-refractivity contribution >= 4 is 34.9 Å². The topological polar surface area (TPSA) is 83.6 Å². The Labute approximate surface area is 161 Å². The average molecular weight is 387 g/mol. The molecule has 1 aromatic heterocycles. The van der Waals surface area contributed by atoms with E-state index < -0.39 is 0 Å². The second-order valence-electron chi connectivity index (χ2n) is 6.75. The van der Waals surface area contributed by atoms with E-state index in [0.29, 0.717) is 28.1 Å². The zero-order chi connectivity index (χ0) is 19.0. The van der Waals surface area contributed by atoms with Gasteiger partial charge in [0, 0.05) is 18.9 Å². The van der Waals surface area contributed by atoms with Crippen molar-refractivity contribution in [3.63, 3.8) is 0 Å². The van der Waals surface area contributed by atoms with Gasteiger partial charge in [0.2, 0.25) is 0 Å². The Morgan fingerprint density at radius 3 is 2.93 bits per heavy atom. The summed E-state index contributed by atoms with van der Waals surface area (Å²) in [6.07, 6.45) is 3.89. The molecule has 1 aliphatic carbocycles. The largest absolute Gasteiger partial charge is 0.480 e. The molecular formula is C19H19ClN4O3. The van der Waals surface area contributed by atoms with E-state index in [1.54, 1.807) is 30.3 Å². The maximum absolute atomic E-state index is 12.8. The molecule has 7 nitrogen and oxygen atoms in total. The van der Waals surface area contributed by atoms with Gasteiger partial charge in [-0.3, -0.25) is 9.78 Å². The summed E-state index contributed by atoms with van der Waals surface area (Å²) in [5.41, 5.74) is 1.80. The summed E-state index contributed by atoms with van der Waals surface area (Å²) < 4.78 is 5.33. The summed E-state index contributed by atoms with van der Waals surface area (Å²) in [7, 11) is 1.76. The minimum Gasteiger partial charge on any atom is -0.480 e. The van der Waals surface area contributed by atoms with E-state index in [1.807, 2.05) is 18.2 Å². The van der Waals surface area contributed by atoms with Crippen molar-refractivity contribution in [2.24, 2.45) is 5.92 Å². The fraction of sp³-hybridized carbons (Fsp3) is 0.316. The van der Waals surface area contributed by atoms with Crippen LogP contribution in [0.15, 0.2) is 36.5 Å². The van der Waals surface area contributed by atoms with Crippen molar-refractivity contribution < 1.29 is 14.3 Å². The fourth-order valence-corrected chi connectivity index (χ4v) is 3.56. The van der Waals surface area contributed by atoms with Crippen LogP contribution in [0.1, 0.15) is 24.6 Å². The number of halogens is 1. The van der Waals surface area contributed by atoms with Gasteiger partial charge in [-0.15, -0.1) is 0 Å². The number of ether oxygens (including phenoxy) is 1. The molecule has 0 spiro atoms. The van der Waals surface area contributed by atoms with Gasteiger partial charge in [0.25, 0.3) is 5.91 Å².